The van der Waals surface area contributed by atoms with Crippen LogP contribution in [0, 0.1) is 6.92 Å². The average Bonchev–Trinajstić information content (AvgIpc) is 2.46. The predicted molar refractivity (Wildman–Crippen MR) is 72.9 cm³/mol. The molecular formula is C14H17NO5. The highest BCUT2D eigenvalue weighted by Crippen LogP contribution is 2.22. The van der Waals surface area contributed by atoms with E-state index >= 15 is 0 Å². The molecular weight excluding hydrogens is 262 g/mol. The van der Waals surface area contributed by atoms with Gasteiger partial charge in [-0.2, -0.15) is 0 Å². The van der Waals surface area contributed by atoms with Crippen LogP contribution >= 0.6 is 0 Å². The molecule has 0 aliphatic rings. The molecule has 0 saturated carbocycles. The molecule has 0 atom stereocenters. The zero-order chi connectivity index (χ0) is 15.0. The summed E-state index contributed by atoms with van der Waals surface area (Å²) >= 11 is 0. The lowest BCUT2D eigenvalue weighted by atomic mass is 10.1. The van der Waals surface area contributed by atoms with E-state index in [4.69, 9.17) is 14.7 Å². The summed E-state index contributed by atoms with van der Waals surface area (Å²) in [5.74, 6) is -0.179. The van der Waals surface area contributed by atoms with Gasteiger partial charge in [-0.05, 0) is 24.1 Å². The third-order valence-electron chi connectivity index (χ3n) is 2.49. The monoisotopic (exact) mass is 279 g/mol. The van der Waals surface area contributed by atoms with Crippen LogP contribution in [0.15, 0.2) is 35.4 Å². The number of esters is 1. The maximum absolute atomic E-state index is 11.5. The largest absolute Gasteiger partial charge is 0.500 e. The second-order valence-electron chi connectivity index (χ2n) is 3.91. The molecule has 108 valence electrons. The Morgan fingerprint density at radius 2 is 2.15 bits per heavy atom. The quantitative estimate of drug-likeness (QED) is 0.215. The van der Waals surface area contributed by atoms with Crippen molar-refractivity contribution in [2.45, 2.75) is 13.3 Å². The Morgan fingerprint density at radius 3 is 2.75 bits per heavy atom. The van der Waals surface area contributed by atoms with Crippen molar-refractivity contribution in [2.75, 3.05) is 14.2 Å². The van der Waals surface area contributed by atoms with Crippen LogP contribution in [-0.4, -0.2) is 31.6 Å². The van der Waals surface area contributed by atoms with Gasteiger partial charge in [0.05, 0.1) is 14.2 Å². The number of nitrogens with zero attached hydrogens (tertiary/aromatic N) is 1. The van der Waals surface area contributed by atoms with Crippen molar-refractivity contribution < 1.29 is 24.2 Å². The lowest BCUT2D eigenvalue weighted by molar-refractivity contribution is -0.138. The SMILES string of the molecule is COC=C(Oc1cc(CC=NO)ccc1C)C(=O)OC. The first-order valence-electron chi connectivity index (χ1n) is 5.87. The van der Waals surface area contributed by atoms with Crippen LogP contribution < -0.4 is 4.74 Å². The maximum Gasteiger partial charge on any atom is 0.377 e. The molecule has 6 nitrogen and oxygen atoms in total. The predicted octanol–water partition coefficient (Wildman–Crippen LogP) is 2.04. The fourth-order valence-electron chi connectivity index (χ4n) is 1.47. The number of ether oxygens (including phenoxy) is 3. The van der Waals surface area contributed by atoms with Gasteiger partial charge in [0.15, 0.2) is 0 Å². The van der Waals surface area contributed by atoms with Gasteiger partial charge in [-0.15, -0.1) is 5.16 Å². The molecule has 1 aromatic carbocycles. The van der Waals surface area contributed by atoms with E-state index in [1.165, 1.54) is 26.7 Å². The Labute approximate surface area is 117 Å². The molecule has 0 aromatic heterocycles. The average molecular weight is 279 g/mol. The summed E-state index contributed by atoms with van der Waals surface area (Å²) in [5.41, 5.74) is 1.73. The first-order valence-corrected chi connectivity index (χ1v) is 5.87. The van der Waals surface area contributed by atoms with Gasteiger partial charge in [0.25, 0.3) is 0 Å². The lowest BCUT2D eigenvalue weighted by Crippen LogP contribution is -2.12. The summed E-state index contributed by atoms with van der Waals surface area (Å²) in [6, 6.07) is 5.47. The van der Waals surface area contributed by atoms with Gasteiger partial charge in [-0.1, -0.05) is 12.1 Å². The summed E-state index contributed by atoms with van der Waals surface area (Å²) in [7, 11) is 2.67. The zero-order valence-corrected chi connectivity index (χ0v) is 11.6. The Bertz CT molecular complexity index is 522. The Kier molecular flexibility index (Phi) is 6.09. The van der Waals surface area contributed by atoms with E-state index in [0.29, 0.717) is 12.2 Å². The molecule has 0 radical (unpaired) electrons. The molecule has 6 heteroatoms. The highest BCUT2D eigenvalue weighted by molar-refractivity contribution is 5.86. The number of rotatable bonds is 6. The minimum Gasteiger partial charge on any atom is -0.500 e. The number of carbonyl (C=O) groups excluding carboxylic acids is 1. The van der Waals surface area contributed by atoms with Crippen LogP contribution in [0.4, 0.5) is 0 Å². The van der Waals surface area contributed by atoms with Crippen molar-refractivity contribution in [3.8, 4) is 5.75 Å². The van der Waals surface area contributed by atoms with Crippen LogP contribution in [0.3, 0.4) is 0 Å². The van der Waals surface area contributed by atoms with Crippen molar-refractivity contribution >= 4 is 12.2 Å². The number of hydrogen-bond acceptors (Lipinski definition) is 6. The minimum atomic E-state index is -0.631. The van der Waals surface area contributed by atoms with E-state index in [1.54, 1.807) is 6.07 Å². The van der Waals surface area contributed by atoms with Gasteiger partial charge < -0.3 is 19.4 Å². The third kappa shape index (κ3) is 4.31. The van der Waals surface area contributed by atoms with Gasteiger partial charge in [0.2, 0.25) is 5.76 Å². The van der Waals surface area contributed by atoms with Gasteiger partial charge in [-0.3, -0.25) is 0 Å². The molecule has 0 unspecified atom stereocenters. The number of methoxy groups -OCH3 is 2. The van der Waals surface area contributed by atoms with Crippen LogP contribution in [0.2, 0.25) is 0 Å². The first kappa shape index (κ1) is 15.6. The molecule has 0 spiro atoms. The molecule has 0 heterocycles. The first-order chi connectivity index (χ1) is 9.62. The topological polar surface area (TPSA) is 77.4 Å². The molecule has 0 aliphatic carbocycles. The normalized spacial score (nSPS) is 11.4. The molecule has 0 fully saturated rings. The molecule has 0 aliphatic heterocycles. The Morgan fingerprint density at radius 1 is 1.40 bits per heavy atom. The molecule has 0 bridgehead atoms. The Balaban J connectivity index is 2.99. The number of carbonyl (C=O) groups is 1. The molecule has 0 amide bonds. The van der Waals surface area contributed by atoms with Crippen LogP contribution in [0.1, 0.15) is 11.1 Å². The zero-order valence-electron chi connectivity index (χ0n) is 11.6. The molecule has 1 N–H and O–H groups in total. The lowest BCUT2D eigenvalue weighted by Gasteiger charge is -2.11. The van der Waals surface area contributed by atoms with Crippen molar-refractivity contribution in [1.29, 1.82) is 0 Å². The van der Waals surface area contributed by atoms with Gasteiger partial charge >= 0.3 is 5.97 Å². The van der Waals surface area contributed by atoms with Crippen LogP contribution in [0.5, 0.6) is 5.75 Å². The van der Waals surface area contributed by atoms with Crippen LogP contribution in [0.25, 0.3) is 0 Å². The van der Waals surface area contributed by atoms with E-state index in [9.17, 15) is 4.79 Å². The number of benzene rings is 1. The fourth-order valence-corrected chi connectivity index (χ4v) is 1.47. The van der Waals surface area contributed by atoms with Crippen molar-refractivity contribution in [2.24, 2.45) is 5.16 Å². The number of oxime groups is 1. The summed E-state index contributed by atoms with van der Waals surface area (Å²) in [6.45, 7) is 1.85. The van der Waals surface area contributed by atoms with Gasteiger partial charge in [0.1, 0.15) is 12.0 Å². The van der Waals surface area contributed by atoms with E-state index in [1.807, 2.05) is 19.1 Å². The van der Waals surface area contributed by atoms with E-state index in [-0.39, 0.29) is 5.76 Å². The van der Waals surface area contributed by atoms with Crippen molar-refractivity contribution in [3.05, 3.63) is 41.3 Å². The van der Waals surface area contributed by atoms with Gasteiger partial charge in [0, 0.05) is 12.6 Å². The highest BCUT2D eigenvalue weighted by atomic mass is 16.6. The van der Waals surface area contributed by atoms with E-state index in [0.717, 1.165) is 11.1 Å². The summed E-state index contributed by atoms with van der Waals surface area (Å²) in [5, 5.41) is 11.4. The highest BCUT2D eigenvalue weighted by Gasteiger charge is 2.14. The third-order valence-corrected chi connectivity index (χ3v) is 2.49. The minimum absolute atomic E-state index is 0.0499. The Hall–Kier alpha value is -2.50. The molecule has 20 heavy (non-hydrogen) atoms. The maximum atomic E-state index is 11.5. The van der Waals surface area contributed by atoms with Gasteiger partial charge in [-0.25, -0.2) is 4.79 Å². The summed E-state index contributed by atoms with van der Waals surface area (Å²) in [6.07, 6.45) is 2.99. The second kappa shape index (κ2) is 7.83. The fraction of sp³-hybridized carbons (Fsp3) is 0.286. The van der Waals surface area contributed by atoms with E-state index in [2.05, 4.69) is 9.89 Å². The standard InChI is InChI=1S/C14H17NO5/c1-10-4-5-11(6-7-15-17)8-12(10)20-13(9-18-2)14(16)19-3/h4-5,7-9,17H,6H2,1-3H3. The molecule has 1 rings (SSSR count). The van der Waals surface area contributed by atoms with E-state index < -0.39 is 5.97 Å². The van der Waals surface area contributed by atoms with Crippen LogP contribution in [-0.2, 0) is 20.7 Å². The summed E-state index contributed by atoms with van der Waals surface area (Å²) < 4.78 is 14.9. The van der Waals surface area contributed by atoms with Crippen molar-refractivity contribution in [3.63, 3.8) is 0 Å². The number of aryl methyl sites for hydroxylation is 1. The van der Waals surface area contributed by atoms with Crippen molar-refractivity contribution in [1.82, 2.24) is 0 Å². The number of hydrogen-bond donors (Lipinski definition) is 1. The summed E-state index contributed by atoms with van der Waals surface area (Å²) in [4.78, 5) is 11.5. The molecule has 1 aromatic rings. The smallest absolute Gasteiger partial charge is 0.377 e. The second-order valence-corrected chi connectivity index (χ2v) is 3.91. The molecule has 0 saturated heterocycles.